The molecule has 30 heavy (non-hydrogen) atoms. The lowest BCUT2D eigenvalue weighted by molar-refractivity contribution is -0.117. The van der Waals surface area contributed by atoms with Crippen LogP contribution in [0.3, 0.4) is 0 Å². The van der Waals surface area contributed by atoms with Crippen molar-refractivity contribution < 1.29 is 13.2 Å². The number of carbonyl (C=O) groups is 1. The topological polar surface area (TPSA) is 98.0 Å². The number of fused-ring (bicyclic) bond motifs is 1. The van der Waals surface area contributed by atoms with E-state index in [9.17, 15) is 13.2 Å². The maximum absolute atomic E-state index is 13.4. The van der Waals surface area contributed by atoms with Crippen LogP contribution in [0, 0.1) is 0 Å². The highest BCUT2D eigenvalue weighted by Gasteiger charge is 2.39. The van der Waals surface area contributed by atoms with E-state index >= 15 is 0 Å². The Morgan fingerprint density at radius 2 is 1.87 bits per heavy atom. The number of benzene rings is 1. The Kier molecular flexibility index (Phi) is 5.38. The summed E-state index contributed by atoms with van der Waals surface area (Å²) in [6.07, 6.45) is 4.64. The van der Waals surface area contributed by atoms with Gasteiger partial charge >= 0.3 is 0 Å². The Hall–Kier alpha value is -3.07. The number of anilines is 1. The lowest BCUT2D eigenvalue weighted by atomic mass is 10.2. The minimum absolute atomic E-state index is 0.176. The van der Waals surface area contributed by atoms with Gasteiger partial charge in [0.1, 0.15) is 5.25 Å². The summed E-state index contributed by atoms with van der Waals surface area (Å²) in [7, 11) is -4.04. The molecule has 0 saturated carbocycles. The summed E-state index contributed by atoms with van der Waals surface area (Å²) in [5, 5.41) is 6.67. The van der Waals surface area contributed by atoms with Gasteiger partial charge in [-0.05, 0) is 43.5 Å². The average Bonchev–Trinajstić information content (AvgIpc) is 3.38. The van der Waals surface area contributed by atoms with Gasteiger partial charge in [-0.3, -0.25) is 14.3 Å². The van der Waals surface area contributed by atoms with E-state index in [-0.39, 0.29) is 5.16 Å². The van der Waals surface area contributed by atoms with Crippen molar-refractivity contribution in [1.82, 2.24) is 19.7 Å². The van der Waals surface area contributed by atoms with Gasteiger partial charge in [-0.1, -0.05) is 25.1 Å². The first-order chi connectivity index (χ1) is 14.4. The van der Waals surface area contributed by atoms with Crippen molar-refractivity contribution in [3.8, 4) is 11.4 Å². The summed E-state index contributed by atoms with van der Waals surface area (Å²) in [5.41, 5.74) is 2.54. The van der Waals surface area contributed by atoms with Gasteiger partial charge in [-0.2, -0.15) is 0 Å². The molecule has 1 aromatic carbocycles. The normalized spacial score (nSPS) is 14.5. The van der Waals surface area contributed by atoms with Crippen molar-refractivity contribution in [3.05, 3.63) is 54.4 Å². The predicted molar refractivity (Wildman–Crippen MR) is 113 cm³/mol. The van der Waals surface area contributed by atoms with Gasteiger partial charge in [0.15, 0.2) is 5.82 Å². The van der Waals surface area contributed by atoms with Gasteiger partial charge in [0.25, 0.3) is 5.16 Å². The molecule has 0 aliphatic carbocycles. The molecule has 0 bridgehead atoms. The van der Waals surface area contributed by atoms with E-state index < -0.39 is 21.0 Å². The maximum Gasteiger partial charge on any atom is 0.250 e. The predicted octanol–water partition coefficient (Wildman–Crippen LogP) is 2.50. The van der Waals surface area contributed by atoms with Crippen LogP contribution in [-0.2, 0) is 27.6 Å². The number of nitrogens with zero attached hydrogens (tertiary/aromatic N) is 5. The van der Waals surface area contributed by atoms with Crippen LogP contribution in [0.5, 0.6) is 0 Å². The van der Waals surface area contributed by atoms with E-state index in [4.69, 9.17) is 0 Å². The molecule has 1 unspecified atom stereocenters. The second kappa shape index (κ2) is 7.98. The van der Waals surface area contributed by atoms with Crippen molar-refractivity contribution >= 4 is 21.4 Å². The minimum Gasteiger partial charge on any atom is -0.311 e. The molecule has 0 N–H and O–H groups in total. The summed E-state index contributed by atoms with van der Waals surface area (Å²) in [6.45, 7) is 4.27. The molecule has 4 rings (SSSR count). The monoisotopic (exact) mass is 425 g/mol. The van der Waals surface area contributed by atoms with Gasteiger partial charge in [0.2, 0.25) is 15.7 Å². The van der Waals surface area contributed by atoms with E-state index in [1.807, 2.05) is 31.2 Å². The number of sulfone groups is 1. The molecular weight excluding hydrogens is 402 g/mol. The van der Waals surface area contributed by atoms with Crippen molar-refractivity contribution in [1.29, 1.82) is 0 Å². The number of hydrogen-bond donors (Lipinski definition) is 0. The van der Waals surface area contributed by atoms with Crippen LogP contribution < -0.4 is 4.90 Å². The van der Waals surface area contributed by atoms with Crippen LogP contribution >= 0.6 is 0 Å². The molecule has 9 heteroatoms. The fraction of sp³-hybridized carbons (Fsp3) is 0.333. The van der Waals surface area contributed by atoms with Gasteiger partial charge in [0, 0.05) is 36.7 Å². The first-order valence-electron chi connectivity index (χ1n) is 9.92. The Bertz CT molecular complexity index is 1170. The Balaban J connectivity index is 1.70. The molecule has 1 aliphatic rings. The van der Waals surface area contributed by atoms with Crippen LogP contribution in [-0.4, -0.2) is 45.9 Å². The van der Waals surface area contributed by atoms with Gasteiger partial charge < -0.3 is 4.90 Å². The molecule has 3 aromatic rings. The summed E-state index contributed by atoms with van der Waals surface area (Å²) in [5.74, 6) is 0.000418. The van der Waals surface area contributed by atoms with Crippen LogP contribution in [0.4, 0.5) is 5.69 Å². The maximum atomic E-state index is 13.4. The summed E-state index contributed by atoms with van der Waals surface area (Å²) in [6, 6.07) is 11.1. The first-order valence-corrected chi connectivity index (χ1v) is 11.5. The van der Waals surface area contributed by atoms with E-state index in [1.165, 1.54) is 6.92 Å². The fourth-order valence-corrected chi connectivity index (χ4v) is 5.06. The highest BCUT2D eigenvalue weighted by molar-refractivity contribution is 7.92. The second-order valence-electron chi connectivity index (χ2n) is 7.25. The highest BCUT2D eigenvalue weighted by Crippen LogP contribution is 2.30. The Labute approximate surface area is 175 Å². The molecule has 156 valence electrons. The minimum atomic E-state index is -4.04. The zero-order chi connectivity index (χ0) is 21.3. The van der Waals surface area contributed by atoms with Gasteiger partial charge in [-0.25, -0.2) is 8.42 Å². The molecule has 1 atom stereocenters. The van der Waals surface area contributed by atoms with E-state index in [0.29, 0.717) is 31.8 Å². The van der Waals surface area contributed by atoms with Gasteiger partial charge in [0.05, 0.1) is 0 Å². The first kappa shape index (κ1) is 20.2. The van der Waals surface area contributed by atoms with Gasteiger partial charge in [-0.15, -0.1) is 10.2 Å². The molecule has 0 spiro atoms. The number of aromatic nitrogens is 4. The number of hydrogen-bond acceptors (Lipinski definition) is 6. The highest BCUT2D eigenvalue weighted by atomic mass is 32.2. The van der Waals surface area contributed by atoms with E-state index in [0.717, 1.165) is 16.8 Å². The third-order valence-electron chi connectivity index (χ3n) is 5.32. The third kappa shape index (κ3) is 3.39. The Morgan fingerprint density at radius 3 is 2.60 bits per heavy atom. The lowest BCUT2D eigenvalue weighted by Crippen LogP contribution is -2.41. The van der Waals surface area contributed by atoms with Crippen molar-refractivity contribution in [2.24, 2.45) is 0 Å². The third-order valence-corrected chi connectivity index (χ3v) is 7.27. The molecule has 3 heterocycles. The number of rotatable bonds is 6. The molecule has 1 aliphatic heterocycles. The average molecular weight is 426 g/mol. The zero-order valence-electron chi connectivity index (χ0n) is 16.9. The molecular formula is C21H23N5O3S. The van der Waals surface area contributed by atoms with Crippen LogP contribution in [0.1, 0.15) is 25.8 Å². The molecule has 1 amide bonds. The molecule has 2 aromatic heterocycles. The summed E-state index contributed by atoms with van der Waals surface area (Å²) < 4.78 is 28.4. The largest absolute Gasteiger partial charge is 0.311 e. The Morgan fingerprint density at radius 1 is 1.13 bits per heavy atom. The number of carbonyl (C=O) groups excluding carboxylic acids is 1. The van der Waals surface area contributed by atoms with E-state index in [1.54, 1.807) is 34.0 Å². The van der Waals surface area contributed by atoms with Crippen molar-refractivity contribution in [2.75, 3.05) is 11.4 Å². The standard InChI is InChI=1S/C21H23N5O3S/c1-3-13-26-19(17-8-11-22-12-9-17)23-24-21(26)30(28,29)15(2)20(27)25-14-10-16-6-4-5-7-18(16)25/h4-9,11-12,15H,3,10,13-14H2,1-2H3. The summed E-state index contributed by atoms with van der Waals surface area (Å²) in [4.78, 5) is 18.7. The quantitative estimate of drug-likeness (QED) is 0.602. The van der Waals surface area contributed by atoms with Crippen LogP contribution in [0.15, 0.2) is 53.9 Å². The zero-order valence-corrected chi connectivity index (χ0v) is 17.7. The number of amides is 1. The summed E-state index contributed by atoms with van der Waals surface area (Å²) >= 11 is 0. The van der Waals surface area contributed by atoms with Crippen LogP contribution in [0.25, 0.3) is 11.4 Å². The van der Waals surface area contributed by atoms with Crippen molar-refractivity contribution in [2.45, 2.75) is 43.6 Å². The van der Waals surface area contributed by atoms with Crippen molar-refractivity contribution in [3.63, 3.8) is 0 Å². The van der Waals surface area contributed by atoms with E-state index in [2.05, 4.69) is 15.2 Å². The molecule has 8 nitrogen and oxygen atoms in total. The molecule has 0 saturated heterocycles. The second-order valence-corrected chi connectivity index (χ2v) is 9.41. The SMILES string of the molecule is CCCn1c(-c2ccncc2)nnc1S(=O)(=O)C(C)C(=O)N1CCc2ccccc21. The lowest BCUT2D eigenvalue weighted by Gasteiger charge is -2.21. The number of pyridine rings is 1. The fourth-order valence-electron chi connectivity index (χ4n) is 3.72. The smallest absolute Gasteiger partial charge is 0.250 e. The number of para-hydroxylation sites is 1. The molecule has 0 radical (unpaired) electrons. The van der Waals surface area contributed by atoms with Crippen LogP contribution in [0.2, 0.25) is 0 Å². The molecule has 0 fully saturated rings.